The fraction of sp³-hybridized carbons (Fsp3) is 0.560. The SMILES string of the molecule is O=C(CC1CCCCC1)Nc1ncc(-c2ccc(CO)cc2)nc1CC1CCCC1. The van der Waals surface area contributed by atoms with Crippen LogP contribution in [0.3, 0.4) is 0 Å². The van der Waals surface area contributed by atoms with E-state index in [-0.39, 0.29) is 12.5 Å². The van der Waals surface area contributed by atoms with Crippen molar-refractivity contribution in [2.24, 2.45) is 11.8 Å². The zero-order chi connectivity index (χ0) is 20.8. The van der Waals surface area contributed by atoms with Crippen molar-refractivity contribution in [3.63, 3.8) is 0 Å². The van der Waals surface area contributed by atoms with E-state index in [9.17, 15) is 9.90 Å². The number of carbonyl (C=O) groups excluding carboxylic acids is 1. The summed E-state index contributed by atoms with van der Waals surface area (Å²) in [5.74, 6) is 1.84. The summed E-state index contributed by atoms with van der Waals surface area (Å²) in [5.41, 5.74) is 3.58. The molecule has 0 bridgehead atoms. The van der Waals surface area contributed by atoms with Crippen molar-refractivity contribution in [3.8, 4) is 11.3 Å². The zero-order valence-electron chi connectivity index (χ0n) is 17.8. The Labute approximate surface area is 179 Å². The minimum absolute atomic E-state index is 0.0326. The van der Waals surface area contributed by atoms with Gasteiger partial charge in [0.1, 0.15) is 0 Å². The largest absolute Gasteiger partial charge is 0.392 e. The maximum absolute atomic E-state index is 12.7. The summed E-state index contributed by atoms with van der Waals surface area (Å²) < 4.78 is 0. The van der Waals surface area contributed by atoms with E-state index in [1.54, 1.807) is 6.20 Å². The summed E-state index contributed by atoms with van der Waals surface area (Å²) in [5, 5.41) is 12.4. The molecule has 0 unspecified atom stereocenters. The molecule has 2 aliphatic rings. The second kappa shape index (κ2) is 10.2. The van der Waals surface area contributed by atoms with E-state index in [4.69, 9.17) is 4.98 Å². The predicted molar refractivity (Wildman–Crippen MR) is 119 cm³/mol. The van der Waals surface area contributed by atoms with Crippen LogP contribution in [0.4, 0.5) is 5.82 Å². The summed E-state index contributed by atoms with van der Waals surface area (Å²) >= 11 is 0. The van der Waals surface area contributed by atoms with Gasteiger partial charge in [-0.2, -0.15) is 0 Å². The first kappa shape index (κ1) is 21.0. The highest BCUT2D eigenvalue weighted by molar-refractivity contribution is 5.90. The van der Waals surface area contributed by atoms with E-state index < -0.39 is 0 Å². The molecule has 1 aromatic heterocycles. The molecule has 160 valence electrons. The van der Waals surface area contributed by atoms with Crippen molar-refractivity contribution in [1.82, 2.24) is 9.97 Å². The molecule has 5 heteroatoms. The Balaban J connectivity index is 1.52. The second-order valence-corrected chi connectivity index (χ2v) is 9.02. The molecule has 0 atom stereocenters. The van der Waals surface area contributed by atoms with Gasteiger partial charge in [0.15, 0.2) is 5.82 Å². The van der Waals surface area contributed by atoms with Gasteiger partial charge in [-0.1, -0.05) is 69.2 Å². The molecule has 2 N–H and O–H groups in total. The average Bonchev–Trinajstić information content (AvgIpc) is 3.29. The van der Waals surface area contributed by atoms with E-state index in [1.165, 1.54) is 44.9 Å². The van der Waals surface area contributed by atoms with Crippen molar-refractivity contribution in [1.29, 1.82) is 0 Å². The predicted octanol–water partition coefficient (Wildman–Crippen LogP) is 5.28. The quantitative estimate of drug-likeness (QED) is 0.655. The van der Waals surface area contributed by atoms with Crippen LogP contribution in [0.15, 0.2) is 30.5 Å². The van der Waals surface area contributed by atoms with Gasteiger partial charge in [-0.15, -0.1) is 0 Å². The van der Waals surface area contributed by atoms with Crippen LogP contribution in [-0.4, -0.2) is 21.0 Å². The average molecular weight is 408 g/mol. The second-order valence-electron chi connectivity index (χ2n) is 9.02. The first-order valence-electron chi connectivity index (χ1n) is 11.6. The van der Waals surface area contributed by atoms with Gasteiger partial charge in [-0.05, 0) is 36.7 Å². The summed E-state index contributed by atoms with van der Waals surface area (Å²) in [7, 11) is 0. The molecule has 1 aromatic carbocycles. The van der Waals surface area contributed by atoms with Crippen LogP contribution in [0, 0.1) is 11.8 Å². The third-order valence-electron chi connectivity index (χ3n) is 6.69. The number of carbonyl (C=O) groups is 1. The molecule has 0 aliphatic heterocycles. The van der Waals surface area contributed by atoms with Gasteiger partial charge in [-0.25, -0.2) is 9.97 Å². The number of rotatable bonds is 7. The van der Waals surface area contributed by atoms with Gasteiger partial charge < -0.3 is 10.4 Å². The molecule has 4 rings (SSSR count). The van der Waals surface area contributed by atoms with Crippen molar-refractivity contribution in [3.05, 3.63) is 41.7 Å². The number of amides is 1. The fourth-order valence-electron chi connectivity index (χ4n) is 4.92. The van der Waals surface area contributed by atoms with Crippen LogP contribution in [0.25, 0.3) is 11.3 Å². The van der Waals surface area contributed by atoms with Crippen molar-refractivity contribution in [2.45, 2.75) is 77.2 Å². The number of aliphatic hydroxyl groups excluding tert-OH is 1. The number of hydrogen-bond donors (Lipinski definition) is 2. The Bertz CT molecular complexity index is 838. The van der Waals surface area contributed by atoms with Crippen LogP contribution >= 0.6 is 0 Å². The van der Waals surface area contributed by atoms with Crippen LogP contribution in [0.5, 0.6) is 0 Å². The molecule has 2 aliphatic carbocycles. The first-order chi connectivity index (χ1) is 14.7. The molecule has 1 amide bonds. The standard InChI is InChI=1S/C25H33N3O2/c29-17-20-10-12-21(13-11-20)23-16-26-25(22(27-23)14-18-8-4-5-9-18)28-24(30)15-19-6-2-1-3-7-19/h10-13,16,18-19,29H,1-9,14-15,17H2,(H,26,28,30). The van der Waals surface area contributed by atoms with Crippen molar-refractivity contribution < 1.29 is 9.90 Å². The van der Waals surface area contributed by atoms with E-state index in [0.717, 1.165) is 41.8 Å². The normalized spacial score (nSPS) is 17.9. The third kappa shape index (κ3) is 5.45. The molecule has 5 nitrogen and oxygen atoms in total. The highest BCUT2D eigenvalue weighted by atomic mass is 16.3. The van der Waals surface area contributed by atoms with Crippen molar-refractivity contribution in [2.75, 3.05) is 5.32 Å². The molecule has 0 radical (unpaired) electrons. The minimum Gasteiger partial charge on any atom is -0.392 e. The van der Waals surface area contributed by atoms with Crippen LogP contribution < -0.4 is 5.32 Å². The first-order valence-corrected chi connectivity index (χ1v) is 11.6. The van der Waals surface area contributed by atoms with Gasteiger partial charge in [0.25, 0.3) is 0 Å². The van der Waals surface area contributed by atoms with E-state index in [2.05, 4.69) is 10.3 Å². The van der Waals surface area contributed by atoms with E-state index >= 15 is 0 Å². The smallest absolute Gasteiger partial charge is 0.225 e. The summed E-state index contributed by atoms with van der Waals surface area (Å²) in [6, 6.07) is 7.76. The lowest BCUT2D eigenvalue weighted by molar-refractivity contribution is -0.117. The number of benzene rings is 1. The number of hydrogen-bond acceptors (Lipinski definition) is 4. The van der Waals surface area contributed by atoms with Gasteiger partial charge >= 0.3 is 0 Å². The van der Waals surface area contributed by atoms with E-state index in [0.29, 0.717) is 24.1 Å². The Kier molecular flexibility index (Phi) is 7.11. The molecular weight excluding hydrogens is 374 g/mol. The summed E-state index contributed by atoms with van der Waals surface area (Å²) in [6.07, 6.45) is 14.4. The van der Waals surface area contributed by atoms with Gasteiger partial charge in [0.2, 0.25) is 5.91 Å². The number of nitrogens with one attached hydrogen (secondary N) is 1. The van der Waals surface area contributed by atoms with Crippen LogP contribution in [0.1, 0.15) is 75.5 Å². The molecule has 0 saturated heterocycles. The lowest BCUT2D eigenvalue weighted by atomic mass is 9.87. The molecule has 0 spiro atoms. The Morgan fingerprint density at radius 2 is 1.63 bits per heavy atom. The van der Waals surface area contributed by atoms with Gasteiger partial charge in [0, 0.05) is 12.0 Å². The number of aromatic nitrogens is 2. The number of anilines is 1. The third-order valence-corrected chi connectivity index (χ3v) is 6.69. The lowest BCUT2D eigenvalue weighted by Crippen LogP contribution is -2.20. The summed E-state index contributed by atoms with van der Waals surface area (Å²) in [6.45, 7) is 0.0326. The molecule has 30 heavy (non-hydrogen) atoms. The number of nitrogens with zero attached hydrogens (tertiary/aromatic N) is 2. The molecule has 2 saturated carbocycles. The van der Waals surface area contributed by atoms with Gasteiger partial charge in [-0.3, -0.25) is 4.79 Å². The Morgan fingerprint density at radius 3 is 2.33 bits per heavy atom. The molecule has 1 heterocycles. The topological polar surface area (TPSA) is 75.1 Å². The van der Waals surface area contributed by atoms with Gasteiger partial charge in [0.05, 0.1) is 24.2 Å². The van der Waals surface area contributed by atoms with Crippen LogP contribution in [0.2, 0.25) is 0 Å². The van der Waals surface area contributed by atoms with Crippen LogP contribution in [-0.2, 0) is 17.8 Å². The molecular formula is C25H33N3O2. The summed E-state index contributed by atoms with van der Waals surface area (Å²) in [4.78, 5) is 22.2. The number of aliphatic hydroxyl groups is 1. The maximum atomic E-state index is 12.7. The van der Waals surface area contributed by atoms with E-state index in [1.807, 2.05) is 24.3 Å². The Morgan fingerprint density at radius 1 is 0.967 bits per heavy atom. The molecule has 2 aromatic rings. The van der Waals surface area contributed by atoms with Crippen molar-refractivity contribution >= 4 is 11.7 Å². The molecule has 2 fully saturated rings. The fourth-order valence-corrected chi connectivity index (χ4v) is 4.92. The zero-order valence-corrected chi connectivity index (χ0v) is 17.8. The highest BCUT2D eigenvalue weighted by Gasteiger charge is 2.22. The minimum atomic E-state index is 0.0326. The highest BCUT2D eigenvalue weighted by Crippen LogP contribution is 2.31. The Hall–Kier alpha value is -2.27. The monoisotopic (exact) mass is 407 g/mol. The lowest BCUT2D eigenvalue weighted by Gasteiger charge is -2.21. The maximum Gasteiger partial charge on any atom is 0.225 e.